The Kier molecular flexibility index (Phi) is 9.22. The quantitative estimate of drug-likeness (QED) is 0.556. The highest BCUT2D eigenvalue weighted by Gasteiger charge is 2.18. The highest BCUT2D eigenvalue weighted by Crippen LogP contribution is 2.03. The van der Waals surface area contributed by atoms with Gasteiger partial charge in [0.25, 0.3) is 0 Å². The van der Waals surface area contributed by atoms with Crippen molar-refractivity contribution in [3.8, 4) is 0 Å². The summed E-state index contributed by atoms with van der Waals surface area (Å²) < 4.78 is 14.3. The van der Waals surface area contributed by atoms with Gasteiger partial charge < -0.3 is 14.2 Å². The lowest BCUT2D eigenvalue weighted by atomic mass is 10.1. The molecule has 0 aliphatic heterocycles. The Morgan fingerprint density at radius 2 is 1.78 bits per heavy atom. The van der Waals surface area contributed by atoms with Crippen LogP contribution in [0.15, 0.2) is 0 Å². The van der Waals surface area contributed by atoms with Gasteiger partial charge in [0.15, 0.2) is 0 Å². The van der Waals surface area contributed by atoms with Crippen LogP contribution in [0.25, 0.3) is 0 Å². The van der Waals surface area contributed by atoms with E-state index < -0.39 is 0 Å². The molecule has 0 aromatic carbocycles. The third kappa shape index (κ3) is 7.24. The second-order valence-electron chi connectivity index (χ2n) is 4.04. The van der Waals surface area contributed by atoms with Crippen LogP contribution >= 0.6 is 0 Å². The van der Waals surface area contributed by atoms with Crippen molar-refractivity contribution in [2.24, 2.45) is 5.92 Å². The lowest BCUT2D eigenvalue weighted by Gasteiger charge is -2.23. The minimum absolute atomic E-state index is 0.232. The van der Waals surface area contributed by atoms with E-state index in [0.717, 1.165) is 0 Å². The normalized spacial score (nSPS) is 12.3. The van der Waals surface area contributed by atoms with Gasteiger partial charge in [-0.25, -0.2) is 0 Å². The van der Waals surface area contributed by atoms with E-state index in [2.05, 4.69) is 9.47 Å². The summed E-state index contributed by atoms with van der Waals surface area (Å²) in [6, 6.07) is 0. The predicted molar refractivity (Wildman–Crippen MR) is 66.1 cm³/mol. The lowest BCUT2D eigenvalue weighted by Crippen LogP contribution is -2.36. The van der Waals surface area contributed by atoms with Crippen LogP contribution in [-0.2, 0) is 23.8 Å². The number of hydrogen-bond donors (Lipinski definition) is 0. The molecule has 0 fully saturated rings. The van der Waals surface area contributed by atoms with Gasteiger partial charge in [-0.05, 0) is 0 Å². The van der Waals surface area contributed by atoms with E-state index in [9.17, 15) is 9.59 Å². The number of rotatable bonds is 9. The molecule has 6 nitrogen and oxygen atoms in total. The smallest absolute Gasteiger partial charge is 0.309 e. The summed E-state index contributed by atoms with van der Waals surface area (Å²) in [4.78, 5) is 24.4. The van der Waals surface area contributed by atoms with Crippen molar-refractivity contribution in [2.45, 2.75) is 13.3 Å². The fourth-order valence-corrected chi connectivity index (χ4v) is 1.53. The number of carbonyl (C=O) groups is 2. The Morgan fingerprint density at radius 1 is 1.11 bits per heavy atom. The van der Waals surface area contributed by atoms with Gasteiger partial charge in [0.1, 0.15) is 0 Å². The number of ether oxygens (including phenoxy) is 3. The second-order valence-corrected chi connectivity index (χ2v) is 4.04. The first-order chi connectivity index (χ1) is 8.54. The SMILES string of the molecule is COCCN(CCC(=O)OC)CC(C)C(=O)OC. The minimum Gasteiger partial charge on any atom is -0.469 e. The largest absolute Gasteiger partial charge is 0.469 e. The number of nitrogens with zero attached hydrogens (tertiary/aromatic N) is 1. The molecule has 0 radical (unpaired) electrons. The van der Waals surface area contributed by atoms with E-state index >= 15 is 0 Å². The van der Waals surface area contributed by atoms with Gasteiger partial charge in [-0.15, -0.1) is 0 Å². The number of hydrogen-bond acceptors (Lipinski definition) is 6. The van der Waals surface area contributed by atoms with Gasteiger partial charge in [0, 0.05) is 26.7 Å². The molecule has 0 rings (SSSR count). The predicted octanol–water partition coefficient (Wildman–Crippen LogP) is 0.307. The summed E-state index contributed by atoms with van der Waals surface area (Å²) in [5.74, 6) is -0.747. The van der Waals surface area contributed by atoms with Crippen LogP contribution < -0.4 is 0 Å². The van der Waals surface area contributed by atoms with Gasteiger partial charge in [-0.1, -0.05) is 6.92 Å². The van der Waals surface area contributed by atoms with E-state index in [-0.39, 0.29) is 17.9 Å². The molecule has 18 heavy (non-hydrogen) atoms. The van der Waals surface area contributed by atoms with Crippen LogP contribution in [0.5, 0.6) is 0 Å². The average Bonchev–Trinajstić information content (AvgIpc) is 2.39. The van der Waals surface area contributed by atoms with E-state index in [1.807, 2.05) is 4.90 Å². The van der Waals surface area contributed by atoms with E-state index in [0.29, 0.717) is 32.7 Å². The molecule has 0 aliphatic rings. The zero-order valence-corrected chi connectivity index (χ0v) is 11.6. The molecule has 0 aliphatic carbocycles. The molecule has 0 spiro atoms. The fourth-order valence-electron chi connectivity index (χ4n) is 1.53. The van der Waals surface area contributed by atoms with Gasteiger partial charge in [-0.3, -0.25) is 14.5 Å². The number of carbonyl (C=O) groups excluding carboxylic acids is 2. The number of esters is 2. The van der Waals surface area contributed by atoms with Crippen molar-refractivity contribution in [3.63, 3.8) is 0 Å². The van der Waals surface area contributed by atoms with E-state index in [1.54, 1.807) is 14.0 Å². The van der Waals surface area contributed by atoms with Crippen LogP contribution in [0.1, 0.15) is 13.3 Å². The van der Waals surface area contributed by atoms with Crippen LogP contribution in [0.2, 0.25) is 0 Å². The molecule has 6 heteroatoms. The highest BCUT2D eigenvalue weighted by molar-refractivity contribution is 5.72. The topological polar surface area (TPSA) is 65.1 Å². The first-order valence-corrected chi connectivity index (χ1v) is 5.91. The van der Waals surface area contributed by atoms with Crippen molar-refractivity contribution in [1.82, 2.24) is 4.90 Å². The van der Waals surface area contributed by atoms with Gasteiger partial charge >= 0.3 is 11.9 Å². The molecular formula is C12H23NO5. The van der Waals surface area contributed by atoms with Crippen LogP contribution in [0.4, 0.5) is 0 Å². The Morgan fingerprint density at radius 3 is 2.28 bits per heavy atom. The molecule has 0 amide bonds. The zero-order chi connectivity index (χ0) is 14.0. The van der Waals surface area contributed by atoms with E-state index in [1.165, 1.54) is 14.2 Å². The molecule has 0 aromatic rings. The third-order valence-corrected chi connectivity index (χ3v) is 2.61. The lowest BCUT2D eigenvalue weighted by molar-refractivity contribution is -0.145. The fraction of sp³-hybridized carbons (Fsp3) is 0.833. The van der Waals surface area contributed by atoms with Crippen LogP contribution in [0.3, 0.4) is 0 Å². The minimum atomic E-state index is -0.261. The molecule has 0 heterocycles. The molecular weight excluding hydrogens is 238 g/mol. The van der Waals surface area contributed by atoms with Gasteiger partial charge in [0.2, 0.25) is 0 Å². The number of methoxy groups -OCH3 is 3. The van der Waals surface area contributed by atoms with Crippen molar-refractivity contribution in [3.05, 3.63) is 0 Å². The highest BCUT2D eigenvalue weighted by atomic mass is 16.5. The Balaban J connectivity index is 4.20. The molecule has 0 aromatic heterocycles. The molecule has 106 valence electrons. The molecule has 0 saturated carbocycles. The maximum atomic E-state index is 11.3. The summed E-state index contributed by atoms with van der Waals surface area (Å²) in [5.41, 5.74) is 0. The van der Waals surface area contributed by atoms with Crippen molar-refractivity contribution in [2.75, 3.05) is 47.6 Å². The Hall–Kier alpha value is -1.14. The third-order valence-electron chi connectivity index (χ3n) is 2.61. The summed E-state index contributed by atoms with van der Waals surface area (Å²) in [6.45, 7) is 4.08. The monoisotopic (exact) mass is 261 g/mol. The first kappa shape index (κ1) is 16.9. The Labute approximate surface area is 108 Å². The molecule has 0 N–H and O–H groups in total. The molecule has 1 unspecified atom stereocenters. The molecule has 0 saturated heterocycles. The second kappa shape index (κ2) is 9.85. The van der Waals surface area contributed by atoms with Crippen LogP contribution in [0, 0.1) is 5.92 Å². The zero-order valence-electron chi connectivity index (χ0n) is 11.6. The first-order valence-electron chi connectivity index (χ1n) is 5.91. The Bertz CT molecular complexity index is 257. The van der Waals surface area contributed by atoms with Crippen LogP contribution in [-0.4, -0.2) is 64.4 Å². The standard InChI is InChI=1S/C12H23NO5/c1-10(12(15)18-4)9-13(7-8-16-2)6-5-11(14)17-3/h10H,5-9H2,1-4H3. The van der Waals surface area contributed by atoms with Crippen molar-refractivity contribution in [1.29, 1.82) is 0 Å². The average molecular weight is 261 g/mol. The maximum Gasteiger partial charge on any atom is 0.309 e. The summed E-state index contributed by atoms with van der Waals surface area (Å²) >= 11 is 0. The summed E-state index contributed by atoms with van der Waals surface area (Å²) in [7, 11) is 4.34. The van der Waals surface area contributed by atoms with Gasteiger partial charge in [0.05, 0.1) is 33.2 Å². The summed E-state index contributed by atoms with van der Waals surface area (Å²) in [6.07, 6.45) is 0.300. The van der Waals surface area contributed by atoms with Crippen molar-refractivity contribution >= 4 is 11.9 Å². The van der Waals surface area contributed by atoms with E-state index in [4.69, 9.17) is 4.74 Å². The van der Waals surface area contributed by atoms with Crippen molar-refractivity contribution < 1.29 is 23.8 Å². The molecule has 1 atom stereocenters. The molecule has 0 bridgehead atoms. The van der Waals surface area contributed by atoms with Gasteiger partial charge in [-0.2, -0.15) is 0 Å². The summed E-state index contributed by atoms with van der Waals surface area (Å²) in [5, 5.41) is 0. The maximum absolute atomic E-state index is 11.3.